The van der Waals surface area contributed by atoms with Crippen molar-refractivity contribution < 1.29 is 18.3 Å². The first-order valence-electron chi connectivity index (χ1n) is 8.08. The van der Waals surface area contributed by atoms with Crippen LogP contribution in [-0.2, 0) is 11.2 Å². The number of amides is 1. The molecule has 1 saturated heterocycles. The van der Waals surface area contributed by atoms with E-state index in [-0.39, 0.29) is 18.1 Å². The fraction of sp³-hybridized carbons (Fsp3) is 0.333. The van der Waals surface area contributed by atoms with E-state index in [9.17, 15) is 13.6 Å². The number of nitrogens with zero attached hydrogens (tertiary/aromatic N) is 3. The van der Waals surface area contributed by atoms with Crippen LogP contribution < -0.4 is 9.64 Å². The van der Waals surface area contributed by atoms with E-state index >= 15 is 0 Å². The molecular formula is C18H19F2N3O2. The van der Waals surface area contributed by atoms with Crippen LogP contribution in [0.2, 0.25) is 0 Å². The minimum atomic E-state index is -2.84. The Morgan fingerprint density at radius 2 is 1.68 bits per heavy atom. The minimum Gasteiger partial charge on any atom is -0.435 e. The highest BCUT2D eigenvalue weighted by Crippen LogP contribution is 2.17. The van der Waals surface area contributed by atoms with Gasteiger partial charge in [-0.1, -0.05) is 12.1 Å². The number of halogens is 2. The summed E-state index contributed by atoms with van der Waals surface area (Å²) >= 11 is 0. The summed E-state index contributed by atoms with van der Waals surface area (Å²) in [5.74, 6) is 0.133. The molecule has 2 heterocycles. The lowest BCUT2D eigenvalue weighted by Gasteiger charge is -2.36. The van der Waals surface area contributed by atoms with Gasteiger partial charge in [-0.3, -0.25) is 9.78 Å². The van der Waals surface area contributed by atoms with Crippen LogP contribution in [-0.4, -0.2) is 48.6 Å². The summed E-state index contributed by atoms with van der Waals surface area (Å²) in [6.07, 6.45) is 3.77. The van der Waals surface area contributed by atoms with Crippen LogP contribution in [0.1, 0.15) is 5.56 Å². The van der Waals surface area contributed by atoms with Crippen molar-refractivity contribution >= 4 is 11.6 Å². The van der Waals surface area contributed by atoms with Crippen molar-refractivity contribution in [2.45, 2.75) is 13.0 Å². The number of anilines is 1. The van der Waals surface area contributed by atoms with Gasteiger partial charge in [-0.2, -0.15) is 8.78 Å². The summed E-state index contributed by atoms with van der Waals surface area (Å²) in [6, 6.07) is 10.1. The molecule has 1 fully saturated rings. The van der Waals surface area contributed by atoms with E-state index in [0.717, 1.165) is 24.3 Å². The zero-order chi connectivity index (χ0) is 17.6. The third-order valence-electron chi connectivity index (χ3n) is 4.16. The van der Waals surface area contributed by atoms with E-state index < -0.39 is 6.61 Å². The van der Waals surface area contributed by atoms with Crippen LogP contribution in [0.15, 0.2) is 48.8 Å². The molecule has 1 amide bonds. The topological polar surface area (TPSA) is 45.7 Å². The molecule has 0 aliphatic carbocycles. The molecule has 3 rings (SSSR count). The minimum absolute atomic E-state index is 0.0388. The van der Waals surface area contributed by atoms with E-state index in [1.807, 2.05) is 17.0 Å². The number of carbonyl (C=O) groups excluding carboxylic acids is 1. The van der Waals surface area contributed by atoms with E-state index in [1.54, 1.807) is 24.5 Å². The fourth-order valence-electron chi connectivity index (χ4n) is 2.84. The largest absolute Gasteiger partial charge is 0.435 e. The summed E-state index contributed by atoms with van der Waals surface area (Å²) < 4.78 is 28.6. The average molecular weight is 347 g/mol. The monoisotopic (exact) mass is 347 g/mol. The van der Waals surface area contributed by atoms with E-state index in [0.29, 0.717) is 13.1 Å². The maximum atomic E-state index is 12.4. The van der Waals surface area contributed by atoms with Crippen molar-refractivity contribution in [1.82, 2.24) is 9.88 Å². The Kier molecular flexibility index (Phi) is 5.42. The highest BCUT2D eigenvalue weighted by molar-refractivity contribution is 5.79. The molecule has 25 heavy (non-hydrogen) atoms. The van der Waals surface area contributed by atoms with Crippen molar-refractivity contribution in [3.8, 4) is 5.75 Å². The van der Waals surface area contributed by atoms with Gasteiger partial charge < -0.3 is 14.5 Å². The number of aromatic nitrogens is 1. The maximum absolute atomic E-state index is 12.4. The Balaban J connectivity index is 1.51. The predicted molar refractivity (Wildman–Crippen MR) is 89.8 cm³/mol. The van der Waals surface area contributed by atoms with Gasteiger partial charge in [0.1, 0.15) is 5.75 Å². The highest BCUT2D eigenvalue weighted by Gasteiger charge is 2.21. The lowest BCUT2D eigenvalue weighted by Crippen LogP contribution is -2.49. The zero-order valence-corrected chi connectivity index (χ0v) is 13.6. The molecular weight excluding hydrogens is 328 g/mol. The van der Waals surface area contributed by atoms with Crippen LogP contribution in [0.4, 0.5) is 14.5 Å². The molecule has 2 aromatic rings. The fourth-order valence-corrected chi connectivity index (χ4v) is 2.84. The Morgan fingerprint density at radius 3 is 2.28 bits per heavy atom. The molecule has 1 aromatic carbocycles. The molecule has 1 aliphatic heterocycles. The summed E-state index contributed by atoms with van der Waals surface area (Å²) in [4.78, 5) is 20.5. The number of hydrogen-bond donors (Lipinski definition) is 0. The number of benzene rings is 1. The van der Waals surface area contributed by atoms with Gasteiger partial charge in [0, 0.05) is 44.3 Å². The Bertz CT molecular complexity index is 687. The number of pyridine rings is 1. The molecule has 0 spiro atoms. The molecule has 1 aliphatic rings. The Morgan fingerprint density at radius 1 is 1.04 bits per heavy atom. The first kappa shape index (κ1) is 17.1. The van der Waals surface area contributed by atoms with E-state index in [2.05, 4.69) is 14.6 Å². The van der Waals surface area contributed by atoms with Crippen LogP contribution >= 0.6 is 0 Å². The molecule has 0 atom stereocenters. The first-order valence-corrected chi connectivity index (χ1v) is 8.08. The smallest absolute Gasteiger partial charge is 0.387 e. The van der Waals surface area contributed by atoms with Crippen molar-refractivity contribution in [1.29, 1.82) is 0 Å². The van der Waals surface area contributed by atoms with Crippen LogP contribution in [0.5, 0.6) is 5.75 Å². The van der Waals surface area contributed by atoms with Crippen molar-refractivity contribution in [2.75, 3.05) is 31.1 Å². The standard InChI is InChI=1S/C18H19F2N3O2/c19-18(20)25-16-3-1-14(2-4-16)13-17(24)23-11-9-22(10-12-23)15-5-7-21-8-6-15/h1-8,18H,9-13H2. The number of alkyl halides is 2. The molecule has 0 saturated carbocycles. The Labute approximate surface area is 144 Å². The number of ether oxygens (including phenoxy) is 1. The lowest BCUT2D eigenvalue weighted by molar-refractivity contribution is -0.130. The van der Waals surface area contributed by atoms with Crippen molar-refractivity contribution in [3.63, 3.8) is 0 Å². The van der Waals surface area contributed by atoms with Gasteiger partial charge >= 0.3 is 6.61 Å². The number of hydrogen-bond acceptors (Lipinski definition) is 4. The normalized spacial score (nSPS) is 14.7. The van der Waals surface area contributed by atoms with E-state index in [4.69, 9.17) is 0 Å². The predicted octanol–water partition coefficient (Wildman–Crippen LogP) is 2.57. The van der Waals surface area contributed by atoms with Gasteiger partial charge in [0.2, 0.25) is 5.91 Å². The summed E-state index contributed by atoms with van der Waals surface area (Å²) in [7, 11) is 0. The molecule has 0 N–H and O–H groups in total. The lowest BCUT2D eigenvalue weighted by atomic mass is 10.1. The van der Waals surface area contributed by atoms with Crippen LogP contribution in [0.25, 0.3) is 0 Å². The number of rotatable bonds is 5. The van der Waals surface area contributed by atoms with Gasteiger partial charge in [-0.15, -0.1) is 0 Å². The van der Waals surface area contributed by atoms with Gasteiger partial charge in [-0.05, 0) is 29.8 Å². The van der Waals surface area contributed by atoms with Crippen LogP contribution in [0.3, 0.4) is 0 Å². The molecule has 1 aromatic heterocycles. The van der Waals surface area contributed by atoms with Crippen LogP contribution in [0, 0.1) is 0 Å². The molecule has 0 radical (unpaired) electrons. The maximum Gasteiger partial charge on any atom is 0.387 e. The first-order chi connectivity index (χ1) is 12.1. The average Bonchev–Trinajstić information content (AvgIpc) is 2.64. The Hall–Kier alpha value is -2.70. The quantitative estimate of drug-likeness (QED) is 0.834. The van der Waals surface area contributed by atoms with Crippen molar-refractivity contribution in [2.24, 2.45) is 0 Å². The third kappa shape index (κ3) is 4.65. The second-order valence-electron chi connectivity index (χ2n) is 5.77. The van der Waals surface area contributed by atoms with Gasteiger partial charge in [-0.25, -0.2) is 0 Å². The van der Waals surface area contributed by atoms with E-state index in [1.165, 1.54) is 12.1 Å². The third-order valence-corrected chi connectivity index (χ3v) is 4.16. The summed E-state index contributed by atoms with van der Waals surface area (Å²) in [6.45, 7) is 0.0270. The zero-order valence-electron chi connectivity index (χ0n) is 13.6. The summed E-state index contributed by atoms with van der Waals surface area (Å²) in [5.41, 5.74) is 1.89. The molecule has 7 heteroatoms. The molecule has 0 bridgehead atoms. The summed E-state index contributed by atoms with van der Waals surface area (Å²) in [5, 5.41) is 0. The number of piperazine rings is 1. The SMILES string of the molecule is O=C(Cc1ccc(OC(F)F)cc1)N1CCN(c2ccncc2)CC1. The molecule has 5 nitrogen and oxygen atoms in total. The van der Waals surface area contributed by atoms with Crippen molar-refractivity contribution in [3.05, 3.63) is 54.4 Å². The van der Waals surface area contributed by atoms with Gasteiger partial charge in [0.25, 0.3) is 0 Å². The second-order valence-corrected chi connectivity index (χ2v) is 5.77. The molecule has 132 valence electrons. The molecule has 0 unspecified atom stereocenters. The highest BCUT2D eigenvalue weighted by atomic mass is 19.3. The van der Waals surface area contributed by atoms with Gasteiger partial charge in [0.05, 0.1) is 6.42 Å². The van der Waals surface area contributed by atoms with Gasteiger partial charge in [0.15, 0.2) is 0 Å². The second kappa shape index (κ2) is 7.92. The number of carbonyl (C=O) groups is 1.